The summed E-state index contributed by atoms with van der Waals surface area (Å²) < 4.78 is 11.7. The van der Waals surface area contributed by atoms with Gasteiger partial charge in [-0.3, -0.25) is 0 Å². The first-order valence-corrected chi connectivity index (χ1v) is 8.74. The van der Waals surface area contributed by atoms with E-state index in [1.807, 2.05) is 27.7 Å². The highest BCUT2D eigenvalue weighted by Crippen LogP contribution is 2.31. The molecule has 134 valence electrons. The average Bonchev–Trinajstić information content (AvgIpc) is 2.53. The van der Waals surface area contributed by atoms with Crippen LogP contribution >= 0.6 is 0 Å². The summed E-state index contributed by atoms with van der Waals surface area (Å²) in [6, 6.07) is 0. The minimum Gasteiger partial charge on any atom is -0.448 e. The molecule has 0 aromatic carbocycles. The zero-order valence-electron chi connectivity index (χ0n) is 15.9. The van der Waals surface area contributed by atoms with Crippen LogP contribution in [0.1, 0.15) is 67.2 Å². The van der Waals surface area contributed by atoms with Gasteiger partial charge in [-0.05, 0) is 39.6 Å². The first kappa shape index (κ1) is 23.0. The van der Waals surface area contributed by atoms with E-state index in [1.54, 1.807) is 14.0 Å². The van der Waals surface area contributed by atoms with Crippen molar-refractivity contribution >= 4 is 21.2 Å². The van der Waals surface area contributed by atoms with Gasteiger partial charge >= 0.3 is 21.2 Å². The van der Waals surface area contributed by atoms with Crippen LogP contribution in [-0.4, -0.2) is 49.3 Å². The highest BCUT2D eigenvalue weighted by molar-refractivity contribution is 6.59. The molecule has 0 aromatic rings. The molecule has 0 aliphatic heterocycles. The van der Waals surface area contributed by atoms with Crippen molar-refractivity contribution < 1.29 is 19.4 Å². The van der Waals surface area contributed by atoms with Crippen LogP contribution < -0.4 is 10.9 Å². The maximum atomic E-state index is 10.7. The third-order valence-corrected chi connectivity index (χ3v) is 4.94. The number of nitrogens with one attached hydrogen (secondary N) is 1. The number of hydrogen-bond donors (Lipinski definition) is 4. The minimum absolute atomic E-state index is 0.119. The molecule has 0 fully saturated rings. The third-order valence-electron chi connectivity index (χ3n) is 4.94. The first-order chi connectivity index (χ1) is 10.6. The van der Waals surface area contributed by atoms with Crippen LogP contribution in [0.4, 0.5) is 0 Å². The van der Waals surface area contributed by atoms with Gasteiger partial charge in [0.15, 0.2) is 0 Å². The standard InChI is InChI=1S/C14H35B3N2O4/c1-8-11-12(4)15(20)13(5,9-2)22-16(18)14(6,10-3)23-17(21)19-7/h12,19-21H,8-11,18H2,1-7H3. The predicted molar refractivity (Wildman–Crippen MR) is 98.8 cm³/mol. The van der Waals surface area contributed by atoms with Gasteiger partial charge in [0, 0.05) is 0 Å². The van der Waals surface area contributed by atoms with Crippen LogP contribution in [0.15, 0.2) is 0 Å². The van der Waals surface area contributed by atoms with Gasteiger partial charge < -0.3 is 30.2 Å². The van der Waals surface area contributed by atoms with Gasteiger partial charge in [0.2, 0.25) is 0 Å². The van der Waals surface area contributed by atoms with Crippen molar-refractivity contribution in [2.24, 2.45) is 5.64 Å². The lowest BCUT2D eigenvalue weighted by molar-refractivity contribution is 0.0697. The molecule has 0 radical (unpaired) electrons. The van der Waals surface area contributed by atoms with Gasteiger partial charge in [0.25, 0.3) is 0 Å². The van der Waals surface area contributed by atoms with Crippen molar-refractivity contribution in [2.75, 3.05) is 7.05 Å². The zero-order chi connectivity index (χ0) is 18.3. The summed E-state index contributed by atoms with van der Waals surface area (Å²) in [5.74, 6) is 0.119. The van der Waals surface area contributed by atoms with Gasteiger partial charge in [-0.1, -0.05) is 40.5 Å². The Hall–Kier alpha value is -0.0452. The molecule has 3 unspecified atom stereocenters. The van der Waals surface area contributed by atoms with E-state index in [9.17, 15) is 10.0 Å². The maximum absolute atomic E-state index is 10.7. The van der Waals surface area contributed by atoms with E-state index >= 15 is 0 Å². The van der Waals surface area contributed by atoms with Gasteiger partial charge in [-0.25, -0.2) is 0 Å². The highest BCUT2D eigenvalue weighted by atomic mass is 16.6. The Morgan fingerprint density at radius 1 is 1.09 bits per heavy atom. The van der Waals surface area contributed by atoms with E-state index in [-0.39, 0.29) is 5.82 Å². The van der Waals surface area contributed by atoms with E-state index in [4.69, 9.17) is 15.0 Å². The molecule has 0 aromatic heterocycles. The Kier molecular flexibility index (Phi) is 10.0. The third kappa shape index (κ3) is 6.40. The van der Waals surface area contributed by atoms with Crippen molar-refractivity contribution in [3.05, 3.63) is 0 Å². The predicted octanol–water partition coefficient (Wildman–Crippen LogP) is 1.25. The number of hydrogen-bond acceptors (Lipinski definition) is 6. The summed E-state index contributed by atoms with van der Waals surface area (Å²) in [5.41, 5.74) is 4.61. The molecule has 0 rings (SSSR count). The van der Waals surface area contributed by atoms with Crippen molar-refractivity contribution in [3.63, 3.8) is 0 Å². The first-order valence-electron chi connectivity index (χ1n) is 8.74. The Morgan fingerprint density at radius 3 is 2.00 bits per heavy atom. The van der Waals surface area contributed by atoms with E-state index in [2.05, 4.69) is 12.2 Å². The topological polar surface area (TPSA) is 97.0 Å². The van der Waals surface area contributed by atoms with Gasteiger partial charge in [0.1, 0.15) is 0 Å². The molecular weight excluding hydrogens is 293 g/mol. The fraction of sp³-hybridized carbons (Fsp3) is 1.00. The Morgan fingerprint density at radius 2 is 1.61 bits per heavy atom. The Balaban J connectivity index is 5.13. The lowest BCUT2D eigenvalue weighted by Gasteiger charge is -2.41. The largest absolute Gasteiger partial charge is 0.551 e. The minimum atomic E-state index is -1.12. The van der Waals surface area contributed by atoms with Crippen LogP contribution in [0.3, 0.4) is 0 Å². The monoisotopic (exact) mass is 328 g/mol. The summed E-state index contributed by atoms with van der Waals surface area (Å²) in [6.07, 6.45) is 3.13. The molecule has 0 spiro atoms. The molecule has 9 heteroatoms. The van der Waals surface area contributed by atoms with E-state index in [0.717, 1.165) is 12.8 Å². The summed E-state index contributed by atoms with van der Waals surface area (Å²) in [4.78, 5) is 0. The van der Waals surface area contributed by atoms with Gasteiger partial charge in [0.05, 0.1) is 11.0 Å². The summed E-state index contributed by atoms with van der Waals surface area (Å²) in [6.45, 7) is 11.1. The zero-order valence-corrected chi connectivity index (χ0v) is 15.9. The fourth-order valence-electron chi connectivity index (χ4n) is 2.66. The van der Waals surface area contributed by atoms with Gasteiger partial charge in [-0.15, -0.1) is 0 Å². The van der Waals surface area contributed by atoms with Crippen molar-refractivity contribution in [2.45, 2.75) is 84.0 Å². The maximum Gasteiger partial charge on any atom is 0.551 e. The SMILES string of the molecule is CCCC(C)B(O)C(C)(CC)OB(N)C(C)(CC)OB(O)NC. The van der Waals surface area contributed by atoms with Crippen molar-refractivity contribution in [3.8, 4) is 0 Å². The molecule has 3 atom stereocenters. The lowest BCUT2D eigenvalue weighted by Crippen LogP contribution is -2.63. The molecule has 0 heterocycles. The molecule has 0 bridgehead atoms. The Labute approximate surface area is 143 Å². The fourth-order valence-corrected chi connectivity index (χ4v) is 2.66. The number of nitrogens with two attached hydrogens (primary N) is 1. The van der Waals surface area contributed by atoms with E-state index < -0.39 is 32.2 Å². The van der Waals surface area contributed by atoms with Crippen LogP contribution in [0.25, 0.3) is 0 Å². The molecule has 23 heavy (non-hydrogen) atoms. The quantitative estimate of drug-likeness (QED) is 0.403. The molecule has 0 aliphatic rings. The lowest BCUT2D eigenvalue weighted by atomic mass is 9.43. The summed E-state index contributed by atoms with van der Waals surface area (Å²) in [7, 11) is -0.297. The van der Waals surface area contributed by atoms with Crippen LogP contribution in [-0.2, 0) is 9.31 Å². The van der Waals surface area contributed by atoms with Crippen LogP contribution in [0, 0.1) is 0 Å². The summed E-state index contributed by atoms with van der Waals surface area (Å²) >= 11 is 0. The van der Waals surface area contributed by atoms with Crippen LogP contribution in [0.2, 0.25) is 5.82 Å². The molecule has 0 saturated carbocycles. The Bertz CT molecular complexity index is 343. The molecule has 6 nitrogen and oxygen atoms in total. The van der Waals surface area contributed by atoms with Crippen molar-refractivity contribution in [1.82, 2.24) is 5.23 Å². The second kappa shape index (κ2) is 10.1. The second-order valence-electron chi connectivity index (χ2n) is 6.84. The highest BCUT2D eigenvalue weighted by Gasteiger charge is 2.48. The van der Waals surface area contributed by atoms with E-state index in [0.29, 0.717) is 12.8 Å². The van der Waals surface area contributed by atoms with Crippen LogP contribution in [0.5, 0.6) is 0 Å². The molecule has 5 N–H and O–H groups in total. The molecule has 0 saturated heterocycles. The van der Waals surface area contributed by atoms with E-state index in [1.165, 1.54) is 0 Å². The van der Waals surface area contributed by atoms with Crippen molar-refractivity contribution in [1.29, 1.82) is 0 Å². The second-order valence-corrected chi connectivity index (χ2v) is 6.84. The summed E-state index contributed by atoms with van der Waals surface area (Å²) in [5, 5.41) is 23.0. The molecular formula is C14H35B3N2O4. The molecule has 0 aliphatic carbocycles. The van der Waals surface area contributed by atoms with Gasteiger partial charge in [-0.2, -0.15) is 0 Å². The normalized spacial score (nSPS) is 18.0. The smallest absolute Gasteiger partial charge is 0.448 e. The molecule has 0 amide bonds. The number of rotatable bonds is 12. The average molecular weight is 328 g/mol.